The van der Waals surface area contributed by atoms with Crippen molar-refractivity contribution in [3.8, 4) is 0 Å². The minimum atomic E-state index is -0.100. The summed E-state index contributed by atoms with van der Waals surface area (Å²) in [7, 11) is 0. The molecular formula is C14H27NO. The smallest absolute Gasteiger partial charge is 0.0541 e. The number of aliphatic hydroxyl groups is 1. The second-order valence-electron chi connectivity index (χ2n) is 5.86. The van der Waals surface area contributed by atoms with Gasteiger partial charge in [0.1, 0.15) is 0 Å². The van der Waals surface area contributed by atoms with Crippen LogP contribution in [0.3, 0.4) is 0 Å². The topological polar surface area (TPSA) is 23.5 Å². The number of hydrogen-bond donors (Lipinski definition) is 1. The first-order chi connectivity index (χ1) is 7.75. The molecule has 2 rings (SSSR count). The number of rotatable bonds is 4. The van der Waals surface area contributed by atoms with Crippen molar-refractivity contribution in [1.29, 1.82) is 0 Å². The van der Waals surface area contributed by atoms with Crippen LogP contribution in [0.15, 0.2) is 0 Å². The van der Waals surface area contributed by atoms with Gasteiger partial charge >= 0.3 is 0 Å². The van der Waals surface area contributed by atoms with Gasteiger partial charge in [-0.05, 0) is 57.7 Å². The first-order valence-corrected chi connectivity index (χ1v) is 7.16. The second-order valence-corrected chi connectivity index (χ2v) is 5.86. The van der Waals surface area contributed by atoms with Crippen LogP contribution < -0.4 is 0 Å². The molecule has 1 aliphatic carbocycles. The third-order valence-electron chi connectivity index (χ3n) is 4.64. The number of aliphatic hydroxyl groups excluding tert-OH is 1. The van der Waals surface area contributed by atoms with Crippen LogP contribution in [0, 0.1) is 11.8 Å². The molecule has 0 unspecified atom stereocenters. The second kappa shape index (κ2) is 6.02. The van der Waals surface area contributed by atoms with Crippen LogP contribution in [0.25, 0.3) is 0 Å². The SMILES string of the molecule is C[C@H](O)C1CCN(CCC2CCCC2)CC1. The highest BCUT2D eigenvalue weighted by Crippen LogP contribution is 2.28. The maximum absolute atomic E-state index is 9.55. The summed E-state index contributed by atoms with van der Waals surface area (Å²) in [5.74, 6) is 1.58. The van der Waals surface area contributed by atoms with Crippen molar-refractivity contribution < 1.29 is 5.11 Å². The predicted octanol–water partition coefficient (Wildman–Crippen LogP) is 2.66. The maximum Gasteiger partial charge on any atom is 0.0541 e. The maximum atomic E-state index is 9.55. The van der Waals surface area contributed by atoms with Gasteiger partial charge in [0.2, 0.25) is 0 Å². The molecule has 0 aromatic heterocycles. The van der Waals surface area contributed by atoms with Gasteiger partial charge in [0.05, 0.1) is 6.10 Å². The van der Waals surface area contributed by atoms with E-state index in [1.165, 1.54) is 64.6 Å². The molecule has 1 N–H and O–H groups in total. The normalized spacial score (nSPS) is 27.4. The first kappa shape index (κ1) is 12.4. The predicted molar refractivity (Wildman–Crippen MR) is 67.4 cm³/mol. The molecule has 1 aliphatic heterocycles. The average molecular weight is 225 g/mol. The molecule has 2 aliphatic rings. The lowest BCUT2D eigenvalue weighted by Gasteiger charge is -2.33. The van der Waals surface area contributed by atoms with E-state index in [0.717, 1.165) is 5.92 Å². The molecule has 2 fully saturated rings. The minimum Gasteiger partial charge on any atom is -0.393 e. The molecule has 1 atom stereocenters. The van der Waals surface area contributed by atoms with Gasteiger partial charge in [-0.3, -0.25) is 0 Å². The van der Waals surface area contributed by atoms with E-state index in [9.17, 15) is 5.11 Å². The zero-order valence-electron chi connectivity index (χ0n) is 10.7. The molecule has 0 amide bonds. The van der Waals surface area contributed by atoms with Gasteiger partial charge in [-0.2, -0.15) is 0 Å². The molecule has 2 nitrogen and oxygen atoms in total. The lowest BCUT2D eigenvalue weighted by molar-refractivity contribution is 0.0700. The van der Waals surface area contributed by atoms with E-state index in [1.54, 1.807) is 0 Å². The van der Waals surface area contributed by atoms with Crippen LogP contribution in [-0.2, 0) is 0 Å². The van der Waals surface area contributed by atoms with Crippen molar-refractivity contribution in [2.45, 2.75) is 58.0 Å². The molecule has 0 bridgehead atoms. The molecule has 94 valence electrons. The van der Waals surface area contributed by atoms with Crippen molar-refractivity contribution in [3.63, 3.8) is 0 Å². The van der Waals surface area contributed by atoms with Crippen molar-refractivity contribution in [1.82, 2.24) is 4.90 Å². The minimum absolute atomic E-state index is 0.100. The Morgan fingerprint density at radius 3 is 2.31 bits per heavy atom. The molecule has 1 saturated carbocycles. The highest BCUT2D eigenvalue weighted by Gasteiger charge is 2.23. The van der Waals surface area contributed by atoms with E-state index in [1.807, 2.05) is 6.92 Å². The van der Waals surface area contributed by atoms with Crippen LogP contribution in [0.1, 0.15) is 51.9 Å². The largest absolute Gasteiger partial charge is 0.393 e. The van der Waals surface area contributed by atoms with E-state index in [4.69, 9.17) is 0 Å². The Hall–Kier alpha value is -0.0800. The molecule has 1 heterocycles. The van der Waals surface area contributed by atoms with Crippen molar-refractivity contribution in [3.05, 3.63) is 0 Å². The standard InChI is InChI=1S/C14H27NO/c1-12(16)14-7-10-15(11-8-14)9-6-13-4-2-3-5-13/h12-14,16H,2-11H2,1H3/t12-/m0/s1. The van der Waals surface area contributed by atoms with Crippen LogP contribution in [0.4, 0.5) is 0 Å². The molecule has 0 radical (unpaired) electrons. The van der Waals surface area contributed by atoms with E-state index >= 15 is 0 Å². The summed E-state index contributed by atoms with van der Waals surface area (Å²) in [6.45, 7) is 5.67. The third-order valence-corrected chi connectivity index (χ3v) is 4.64. The molecule has 0 aromatic rings. The summed E-state index contributed by atoms with van der Waals surface area (Å²) < 4.78 is 0. The van der Waals surface area contributed by atoms with Gasteiger partial charge in [-0.1, -0.05) is 25.7 Å². The van der Waals surface area contributed by atoms with Crippen LogP contribution >= 0.6 is 0 Å². The van der Waals surface area contributed by atoms with Crippen LogP contribution in [0.2, 0.25) is 0 Å². The fourth-order valence-electron chi connectivity index (χ4n) is 3.32. The van der Waals surface area contributed by atoms with Gasteiger partial charge < -0.3 is 10.0 Å². The lowest BCUT2D eigenvalue weighted by Crippen LogP contribution is -2.37. The zero-order chi connectivity index (χ0) is 11.4. The number of likely N-dealkylation sites (tertiary alicyclic amines) is 1. The molecule has 16 heavy (non-hydrogen) atoms. The molecular weight excluding hydrogens is 198 g/mol. The van der Waals surface area contributed by atoms with E-state index in [0.29, 0.717) is 5.92 Å². The molecule has 2 heteroatoms. The third kappa shape index (κ3) is 3.46. The summed E-state index contributed by atoms with van der Waals surface area (Å²) in [6, 6.07) is 0. The summed E-state index contributed by atoms with van der Waals surface area (Å²) in [6.07, 6.45) is 9.60. The van der Waals surface area contributed by atoms with E-state index < -0.39 is 0 Å². The van der Waals surface area contributed by atoms with Gasteiger partial charge in [-0.25, -0.2) is 0 Å². The molecule has 0 aromatic carbocycles. The van der Waals surface area contributed by atoms with E-state index in [2.05, 4.69) is 4.90 Å². The van der Waals surface area contributed by atoms with Gasteiger partial charge in [0.25, 0.3) is 0 Å². The number of piperidine rings is 1. The average Bonchev–Trinajstić information content (AvgIpc) is 2.80. The molecule has 0 spiro atoms. The zero-order valence-corrected chi connectivity index (χ0v) is 10.7. The van der Waals surface area contributed by atoms with Gasteiger partial charge in [-0.15, -0.1) is 0 Å². The quantitative estimate of drug-likeness (QED) is 0.795. The Bertz CT molecular complexity index is 191. The molecule has 1 saturated heterocycles. The highest BCUT2D eigenvalue weighted by molar-refractivity contribution is 4.76. The Morgan fingerprint density at radius 1 is 1.12 bits per heavy atom. The summed E-state index contributed by atoms with van der Waals surface area (Å²) in [5.41, 5.74) is 0. The van der Waals surface area contributed by atoms with Crippen molar-refractivity contribution in [2.75, 3.05) is 19.6 Å². The Labute approximate surface area is 100 Å². The van der Waals surface area contributed by atoms with Crippen LogP contribution in [-0.4, -0.2) is 35.7 Å². The van der Waals surface area contributed by atoms with Gasteiger partial charge in [0, 0.05) is 0 Å². The van der Waals surface area contributed by atoms with Gasteiger partial charge in [0.15, 0.2) is 0 Å². The van der Waals surface area contributed by atoms with Crippen molar-refractivity contribution >= 4 is 0 Å². The van der Waals surface area contributed by atoms with Crippen LogP contribution in [0.5, 0.6) is 0 Å². The summed E-state index contributed by atoms with van der Waals surface area (Å²) in [4.78, 5) is 2.61. The monoisotopic (exact) mass is 225 g/mol. The first-order valence-electron chi connectivity index (χ1n) is 7.16. The Balaban J connectivity index is 1.61. The lowest BCUT2D eigenvalue weighted by atomic mass is 9.92. The fourth-order valence-corrected chi connectivity index (χ4v) is 3.32. The van der Waals surface area contributed by atoms with Crippen molar-refractivity contribution in [2.24, 2.45) is 11.8 Å². The Morgan fingerprint density at radius 2 is 1.75 bits per heavy atom. The number of nitrogens with zero attached hydrogens (tertiary/aromatic N) is 1. The van der Waals surface area contributed by atoms with E-state index in [-0.39, 0.29) is 6.10 Å². The highest BCUT2D eigenvalue weighted by atomic mass is 16.3. The fraction of sp³-hybridized carbons (Fsp3) is 1.00. The summed E-state index contributed by atoms with van der Waals surface area (Å²) in [5, 5.41) is 9.55. The Kier molecular flexibility index (Phi) is 4.66. The summed E-state index contributed by atoms with van der Waals surface area (Å²) >= 11 is 0. The number of hydrogen-bond acceptors (Lipinski definition) is 2.